The van der Waals surface area contributed by atoms with Gasteiger partial charge in [-0.05, 0) is 44.7 Å². The van der Waals surface area contributed by atoms with Gasteiger partial charge in [0.15, 0.2) is 0 Å². The first-order valence-electron chi connectivity index (χ1n) is 10.5. The molecule has 1 saturated heterocycles. The van der Waals surface area contributed by atoms with E-state index in [0.29, 0.717) is 42.2 Å². The van der Waals surface area contributed by atoms with Crippen molar-refractivity contribution in [1.29, 1.82) is 0 Å². The maximum atomic E-state index is 13.2. The van der Waals surface area contributed by atoms with Gasteiger partial charge >= 0.3 is 0 Å². The number of rotatable bonds is 5. The first kappa shape index (κ1) is 20.7. The lowest BCUT2D eigenvalue weighted by molar-refractivity contribution is 0.0560. The summed E-state index contributed by atoms with van der Waals surface area (Å²) in [6, 6.07) is 10.6. The number of amides is 2. The number of hydrogen-bond donors (Lipinski definition) is 1. The van der Waals surface area contributed by atoms with Crippen LogP contribution < -0.4 is 5.32 Å². The van der Waals surface area contributed by atoms with Gasteiger partial charge in [-0.25, -0.2) is 9.97 Å². The summed E-state index contributed by atoms with van der Waals surface area (Å²) in [7, 11) is 0. The van der Waals surface area contributed by atoms with Crippen molar-refractivity contribution in [3.63, 3.8) is 0 Å². The largest absolute Gasteiger partial charge is 0.351 e. The molecule has 1 fully saturated rings. The van der Waals surface area contributed by atoms with Crippen LogP contribution in [0.25, 0.3) is 0 Å². The van der Waals surface area contributed by atoms with E-state index < -0.39 is 0 Å². The van der Waals surface area contributed by atoms with Gasteiger partial charge in [0.05, 0.1) is 23.0 Å². The third kappa shape index (κ3) is 4.47. The number of benzene rings is 1. The number of nitrogens with one attached hydrogen (secondary N) is 1. The topological polar surface area (TPSA) is 101 Å². The van der Waals surface area contributed by atoms with E-state index in [-0.39, 0.29) is 23.6 Å². The Labute approximate surface area is 180 Å². The molecule has 8 heteroatoms. The number of anilines is 1. The van der Waals surface area contributed by atoms with Crippen LogP contribution in [0.15, 0.2) is 47.1 Å². The van der Waals surface area contributed by atoms with Crippen molar-refractivity contribution in [3.05, 3.63) is 71.1 Å². The number of piperidine rings is 1. The van der Waals surface area contributed by atoms with Gasteiger partial charge in [-0.2, -0.15) is 0 Å². The molecule has 0 aliphatic carbocycles. The van der Waals surface area contributed by atoms with Crippen molar-refractivity contribution in [1.82, 2.24) is 20.0 Å². The van der Waals surface area contributed by atoms with Crippen LogP contribution in [0.3, 0.4) is 0 Å². The van der Waals surface area contributed by atoms with Crippen LogP contribution in [0.4, 0.5) is 5.69 Å². The minimum atomic E-state index is -0.338. The summed E-state index contributed by atoms with van der Waals surface area (Å²) in [4.78, 5) is 36.8. The summed E-state index contributed by atoms with van der Waals surface area (Å²) < 4.78 is 5.28. The van der Waals surface area contributed by atoms with Crippen LogP contribution in [-0.4, -0.2) is 38.4 Å². The number of carbonyl (C=O) groups excluding carboxylic acids is 2. The zero-order valence-corrected chi connectivity index (χ0v) is 17.7. The second-order valence-electron chi connectivity index (χ2n) is 7.58. The quantitative estimate of drug-likeness (QED) is 0.672. The summed E-state index contributed by atoms with van der Waals surface area (Å²) in [6.07, 6.45) is 4.76. The summed E-state index contributed by atoms with van der Waals surface area (Å²) in [5, 5.41) is 6.84. The van der Waals surface area contributed by atoms with E-state index >= 15 is 0 Å². The molecule has 160 valence electrons. The summed E-state index contributed by atoms with van der Waals surface area (Å²) in [5.41, 5.74) is 2.34. The van der Waals surface area contributed by atoms with E-state index in [9.17, 15) is 9.59 Å². The Morgan fingerprint density at radius 1 is 1.23 bits per heavy atom. The number of nitrogens with zero attached hydrogens (tertiary/aromatic N) is 4. The van der Waals surface area contributed by atoms with E-state index in [1.165, 1.54) is 6.20 Å². The number of likely N-dealkylation sites (tertiary alicyclic amines) is 1. The summed E-state index contributed by atoms with van der Waals surface area (Å²) >= 11 is 0. The fourth-order valence-electron chi connectivity index (χ4n) is 3.82. The Hall–Kier alpha value is -3.55. The number of aryl methyl sites for hydroxylation is 2. The van der Waals surface area contributed by atoms with Crippen molar-refractivity contribution >= 4 is 17.5 Å². The lowest BCUT2D eigenvalue weighted by Gasteiger charge is -2.35. The van der Waals surface area contributed by atoms with Gasteiger partial charge in [0.1, 0.15) is 5.82 Å². The summed E-state index contributed by atoms with van der Waals surface area (Å²) in [6.45, 7) is 4.30. The Kier molecular flexibility index (Phi) is 6.06. The predicted molar refractivity (Wildman–Crippen MR) is 115 cm³/mol. The van der Waals surface area contributed by atoms with E-state index in [1.807, 2.05) is 37.3 Å². The van der Waals surface area contributed by atoms with Crippen molar-refractivity contribution in [2.75, 3.05) is 11.9 Å². The third-order valence-electron chi connectivity index (χ3n) is 5.43. The van der Waals surface area contributed by atoms with Crippen molar-refractivity contribution in [2.24, 2.45) is 0 Å². The zero-order valence-electron chi connectivity index (χ0n) is 17.7. The fraction of sp³-hybridized carbons (Fsp3) is 0.348. The maximum Gasteiger partial charge on any atom is 0.293 e. The first-order chi connectivity index (χ1) is 15.1. The van der Waals surface area contributed by atoms with Gasteiger partial charge in [-0.15, -0.1) is 0 Å². The molecule has 2 amide bonds. The highest BCUT2D eigenvalue weighted by Gasteiger charge is 2.34. The zero-order chi connectivity index (χ0) is 21.8. The molecule has 0 saturated carbocycles. The van der Waals surface area contributed by atoms with Gasteiger partial charge in [0.2, 0.25) is 5.76 Å². The van der Waals surface area contributed by atoms with Crippen LogP contribution in [-0.2, 0) is 6.42 Å². The van der Waals surface area contributed by atoms with Crippen molar-refractivity contribution < 1.29 is 14.1 Å². The van der Waals surface area contributed by atoms with E-state index in [4.69, 9.17) is 4.52 Å². The molecule has 4 rings (SSSR count). The minimum absolute atomic E-state index is 0.213. The lowest BCUT2D eigenvalue weighted by Crippen LogP contribution is -2.39. The smallest absolute Gasteiger partial charge is 0.293 e. The minimum Gasteiger partial charge on any atom is -0.351 e. The molecule has 1 aliphatic heterocycles. The standard InChI is InChI=1S/C23H25N5O3/c1-3-16-13-20(31-27-16)23(30)28-12-8-7-11-19(28)21-18(14-24-15(2)25-21)22(29)26-17-9-5-4-6-10-17/h4-6,9-10,13-14,19H,3,7-8,11-12H2,1-2H3,(H,26,29). The number of para-hydroxylation sites is 1. The molecule has 0 radical (unpaired) electrons. The number of carbonyl (C=O) groups is 2. The Morgan fingerprint density at radius 2 is 2.03 bits per heavy atom. The predicted octanol–water partition coefficient (Wildman–Crippen LogP) is 3.96. The van der Waals surface area contributed by atoms with E-state index in [1.54, 1.807) is 17.9 Å². The van der Waals surface area contributed by atoms with Crippen molar-refractivity contribution in [2.45, 2.75) is 45.6 Å². The summed E-state index contributed by atoms with van der Waals surface area (Å²) in [5.74, 6) is 0.233. The SMILES string of the molecule is CCc1cc(C(=O)N2CCCCC2c2nc(C)ncc2C(=O)Nc2ccccc2)on1. The molecule has 3 aromatic rings. The molecule has 3 heterocycles. The molecule has 1 atom stereocenters. The van der Waals surface area contributed by atoms with Gasteiger partial charge in [0, 0.05) is 24.5 Å². The molecular weight excluding hydrogens is 394 g/mol. The highest BCUT2D eigenvalue weighted by atomic mass is 16.5. The molecule has 1 N–H and O–H groups in total. The van der Waals surface area contributed by atoms with Crippen LogP contribution >= 0.6 is 0 Å². The lowest BCUT2D eigenvalue weighted by atomic mass is 9.95. The van der Waals surface area contributed by atoms with Crippen molar-refractivity contribution in [3.8, 4) is 0 Å². The molecule has 0 bridgehead atoms. The average Bonchev–Trinajstić information content (AvgIpc) is 3.28. The molecule has 1 aromatic carbocycles. The number of hydrogen-bond acceptors (Lipinski definition) is 6. The van der Waals surface area contributed by atoms with E-state index in [2.05, 4.69) is 20.4 Å². The number of aromatic nitrogens is 3. The monoisotopic (exact) mass is 419 g/mol. The first-order valence-corrected chi connectivity index (χ1v) is 10.5. The van der Waals surface area contributed by atoms with Crippen LogP contribution in [0.5, 0.6) is 0 Å². The van der Waals surface area contributed by atoms with Crippen LogP contribution in [0.1, 0.15) is 70.4 Å². The normalized spacial score (nSPS) is 16.2. The Bertz CT molecular complexity index is 1080. The van der Waals surface area contributed by atoms with Crippen LogP contribution in [0, 0.1) is 6.92 Å². The van der Waals surface area contributed by atoms with Gasteiger partial charge in [0.25, 0.3) is 11.8 Å². The maximum absolute atomic E-state index is 13.2. The van der Waals surface area contributed by atoms with Gasteiger partial charge in [-0.1, -0.05) is 30.3 Å². The highest BCUT2D eigenvalue weighted by molar-refractivity contribution is 6.05. The molecular formula is C23H25N5O3. The highest BCUT2D eigenvalue weighted by Crippen LogP contribution is 2.33. The molecule has 1 unspecified atom stereocenters. The average molecular weight is 419 g/mol. The molecule has 1 aliphatic rings. The van der Waals surface area contributed by atoms with Crippen LogP contribution in [0.2, 0.25) is 0 Å². The molecule has 2 aromatic heterocycles. The Balaban J connectivity index is 1.66. The van der Waals surface area contributed by atoms with E-state index in [0.717, 1.165) is 18.5 Å². The second-order valence-corrected chi connectivity index (χ2v) is 7.58. The molecule has 8 nitrogen and oxygen atoms in total. The third-order valence-corrected chi connectivity index (χ3v) is 5.43. The van der Waals surface area contributed by atoms with Gasteiger partial charge in [-0.3, -0.25) is 9.59 Å². The van der Waals surface area contributed by atoms with Gasteiger partial charge < -0.3 is 14.7 Å². The Morgan fingerprint density at radius 3 is 2.77 bits per heavy atom. The second kappa shape index (κ2) is 9.07. The molecule has 31 heavy (non-hydrogen) atoms. The molecule has 0 spiro atoms. The fourth-order valence-corrected chi connectivity index (χ4v) is 3.82.